The lowest BCUT2D eigenvalue weighted by molar-refractivity contribution is -0.132. The summed E-state index contributed by atoms with van der Waals surface area (Å²) < 4.78 is 6.82. The predicted octanol–water partition coefficient (Wildman–Crippen LogP) is 4.85. The van der Waals surface area contributed by atoms with Crippen molar-refractivity contribution in [1.29, 1.82) is 5.26 Å². The van der Waals surface area contributed by atoms with Gasteiger partial charge in [-0.05, 0) is 35.9 Å². The summed E-state index contributed by atoms with van der Waals surface area (Å²) in [5.41, 5.74) is 1.88. The van der Waals surface area contributed by atoms with E-state index in [0.717, 1.165) is 21.2 Å². The number of halogens is 1. The fourth-order valence-corrected chi connectivity index (χ4v) is 2.47. The van der Waals surface area contributed by atoms with Crippen molar-refractivity contribution in [3.05, 3.63) is 64.1 Å². The van der Waals surface area contributed by atoms with E-state index in [1.165, 1.54) is 6.08 Å². The fourth-order valence-electron chi connectivity index (χ4n) is 2.20. The van der Waals surface area contributed by atoms with E-state index < -0.39 is 5.97 Å². The predicted molar refractivity (Wildman–Crippen MR) is 90.6 cm³/mol. The first kappa shape index (κ1) is 15.1. The van der Waals surface area contributed by atoms with Crippen molar-refractivity contribution in [2.75, 3.05) is 0 Å². The van der Waals surface area contributed by atoms with E-state index in [9.17, 15) is 4.79 Å². The first-order valence-corrected chi connectivity index (χ1v) is 7.51. The largest absolute Gasteiger partial charge is 0.477 e. The Bertz CT molecular complexity index is 962. The van der Waals surface area contributed by atoms with Crippen LogP contribution < -0.4 is 0 Å². The standard InChI is InChI=1S/C18H10BrNO3/c19-15-5-3-12(4-6-15)17-9-13-2-1-11(8-16(13)23-17)7-14(10-20)18(21)22/h1-9H,(H,21,22). The number of nitriles is 1. The third-order valence-electron chi connectivity index (χ3n) is 3.33. The summed E-state index contributed by atoms with van der Waals surface area (Å²) in [6, 6.07) is 16.7. The first-order valence-electron chi connectivity index (χ1n) is 6.71. The van der Waals surface area contributed by atoms with Crippen molar-refractivity contribution in [3.63, 3.8) is 0 Å². The number of rotatable bonds is 3. The van der Waals surface area contributed by atoms with E-state index in [4.69, 9.17) is 14.8 Å². The lowest BCUT2D eigenvalue weighted by atomic mass is 10.1. The van der Waals surface area contributed by atoms with Gasteiger partial charge in [-0.2, -0.15) is 5.26 Å². The number of aliphatic carboxylic acids is 1. The molecule has 3 rings (SSSR count). The van der Waals surface area contributed by atoms with Gasteiger partial charge in [0.15, 0.2) is 0 Å². The van der Waals surface area contributed by atoms with Gasteiger partial charge in [-0.15, -0.1) is 0 Å². The van der Waals surface area contributed by atoms with Gasteiger partial charge >= 0.3 is 5.97 Å². The number of hydrogen-bond donors (Lipinski definition) is 1. The molecular weight excluding hydrogens is 358 g/mol. The van der Waals surface area contributed by atoms with Crippen LogP contribution in [0.4, 0.5) is 0 Å². The van der Waals surface area contributed by atoms with Crippen LogP contribution in [0.2, 0.25) is 0 Å². The van der Waals surface area contributed by atoms with Crippen LogP contribution >= 0.6 is 15.9 Å². The maximum absolute atomic E-state index is 10.9. The number of benzene rings is 2. The van der Waals surface area contributed by atoms with Crippen LogP contribution in [0.25, 0.3) is 28.4 Å². The highest BCUT2D eigenvalue weighted by atomic mass is 79.9. The van der Waals surface area contributed by atoms with E-state index in [1.807, 2.05) is 36.4 Å². The summed E-state index contributed by atoms with van der Waals surface area (Å²) in [5, 5.41) is 18.6. The molecule has 112 valence electrons. The number of carbonyl (C=O) groups is 1. The molecule has 0 spiro atoms. The van der Waals surface area contributed by atoms with Crippen LogP contribution in [0.15, 0.2) is 63.0 Å². The molecule has 0 unspecified atom stereocenters. The highest BCUT2D eigenvalue weighted by Crippen LogP contribution is 2.29. The van der Waals surface area contributed by atoms with Crippen molar-refractivity contribution >= 4 is 38.9 Å². The molecule has 0 bridgehead atoms. The van der Waals surface area contributed by atoms with Gasteiger partial charge in [0, 0.05) is 15.4 Å². The van der Waals surface area contributed by atoms with Crippen LogP contribution in [-0.2, 0) is 4.79 Å². The zero-order valence-electron chi connectivity index (χ0n) is 11.8. The minimum atomic E-state index is -1.25. The molecule has 4 nitrogen and oxygen atoms in total. The number of hydrogen-bond acceptors (Lipinski definition) is 3. The molecule has 0 amide bonds. The third kappa shape index (κ3) is 3.17. The fraction of sp³-hybridized carbons (Fsp3) is 0. The molecular formula is C18H10BrNO3. The van der Waals surface area contributed by atoms with E-state index in [0.29, 0.717) is 11.1 Å². The zero-order chi connectivity index (χ0) is 16.4. The average molecular weight is 368 g/mol. The summed E-state index contributed by atoms with van der Waals surface area (Å²) in [6.07, 6.45) is 1.32. The normalized spacial score (nSPS) is 11.4. The molecule has 0 aliphatic carbocycles. The number of carboxylic acid groups (broad SMARTS) is 1. The molecule has 23 heavy (non-hydrogen) atoms. The summed E-state index contributed by atoms with van der Waals surface area (Å²) in [4.78, 5) is 10.9. The maximum atomic E-state index is 10.9. The van der Waals surface area contributed by atoms with Crippen LogP contribution in [0.5, 0.6) is 0 Å². The molecule has 0 saturated carbocycles. The van der Waals surface area contributed by atoms with E-state index in [1.54, 1.807) is 18.2 Å². The monoisotopic (exact) mass is 367 g/mol. The molecule has 1 aromatic heterocycles. The Kier molecular flexibility index (Phi) is 4.00. The topological polar surface area (TPSA) is 74.2 Å². The number of furan rings is 1. The summed E-state index contributed by atoms with van der Waals surface area (Å²) in [7, 11) is 0. The molecule has 2 aromatic carbocycles. The van der Waals surface area contributed by atoms with Crippen molar-refractivity contribution < 1.29 is 14.3 Å². The Labute approximate surface area is 140 Å². The maximum Gasteiger partial charge on any atom is 0.346 e. The highest BCUT2D eigenvalue weighted by Gasteiger charge is 2.09. The minimum Gasteiger partial charge on any atom is -0.477 e. The van der Waals surface area contributed by atoms with Gasteiger partial charge in [-0.1, -0.05) is 40.2 Å². The molecule has 0 saturated heterocycles. The Hall–Kier alpha value is -2.84. The number of carboxylic acids is 1. The van der Waals surface area contributed by atoms with Crippen LogP contribution in [-0.4, -0.2) is 11.1 Å². The lowest BCUT2D eigenvalue weighted by Crippen LogP contribution is -1.97. The summed E-state index contributed by atoms with van der Waals surface area (Å²) in [5.74, 6) is -0.519. The van der Waals surface area contributed by atoms with Gasteiger partial charge < -0.3 is 9.52 Å². The Morgan fingerprint density at radius 3 is 2.57 bits per heavy atom. The lowest BCUT2D eigenvalue weighted by Gasteiger charge is -1.96. The second-order valence-corrected chi connectivity index (χ2v) is 5.81. The van der Waals surface area contributed by atoms with Crippen LogP contribution in [0.3, 0.4) is 0 Å². The number of fused-ring (bicyclic) bond motifs is 1. The van der Waals surface area contributed by atoms with Gasteiger partial charge in [0.25, 0.3) is 0 Å². The van der Waals surface area contributed by atoms with Gasteiger partial charge in [-0.25, -0.2) is 4.79 Å². The molecule has 0 aliphatic heterocycles. The van der Waals surface area contributed by atoms with E-state index in [2.05, 4.69) is 15.9 Å². The van der Waals surface area contributed by atoms with Gasteiger partial charge in [-0.3, -0.25) is 0 Å². The number of nitrogens with zero attached hydrogens (tertiary/aromatic N) is 1. The highest BCUT2D eigenvalue weighted by molar-refractivity contribution is 9.10. The van der Waals surface area contributed by atoms with Gasteiger partial charge in [0.1, 0.15) is 23.0 Å². The molecule has 5 heteroatoms. The Morgan fingerprint density at radius 1 is 1.17 bits per heavy atom. The zero-order valence-corrected chi connectivity index (χ0v) is 13.4. The van der Waals surface area contributed by atoms with Gasteiger partial charge in [0.05, 0.1) is 0 Å². The van der Waals surface area contributed by atoms with Crippen molar-refractivity contribution in [3.8, 4) is 17.4 Å². The van der Waals surface area contributed by atoms with Crippen molar-refractivity contribution in [2.45, 2.75) is 0 Å². The average Bonchev–Trinajstić information content (AvgIpc) is 2.96. The van der Waals surface area contributed by atoms with E-state index in [-0.39, 0.29) is 5.57 Å². The van der Waals surface area contributed by atoms with Gasteiger partial charge in [0.2, 0.25) is 0 Å². The third-order valence-corrected chi connectivity index (χ3v) is 3.86. The molecule has 0 fully saturated rings. The smallest absolute Gasteiger partial charge is 0.346 e. The Morgan fingerprint density at radius 2 is 1.91 bits per heavy atom. The minimum absolute atomic E-state index is 0.316. The first-order chi connectivity index (χ1) is 11.1. The molecule has 1 N–H and O–H groups in total. The van der Waals surface area contributed by atoms with Crippen LogP contribution in [0, 0.1) is 11.3 Å². The quantitative estimate of drug-likeness (QED) is 0.530. The molecule has 0 atom stereocenters. The molecule has 1 heterocycles. The van der Waals surface area contributed by atoms with E-state index >= 15 is 0 Å². The second kappa shape index (κ2) is 6.11. The van der Waals surface area contributed by atoms with Crippen molar-refractivity contribution in [1.82, 2.24) is 0 Å². The molecule has 0 radical (unpaired) electrons. The van der Waals surface area contributed by atoms with Crippen LogP contribution in [0.1, 0.15) is 5.56 Å². The van der Waals surface area contributed by atoms with Crippen molar-refractivity contribution in [2.24, 2.45) is 0 Å². The Balaban J connectivity index is 2.03. The second-order valence-electron chi connectivity index (χ2n) is 4.89. The summed E-state index contributed by atoms with van der Waals surface area (Å²) in [6.45, 7) is 0. The summed E-state index contributed by atoms with van der Waals surface area (Å²) >= 11 is 3.39. The SMILES string of the molecule is N#CC(=Cc1ccc2cc(-c3ccc(Br)cc3)oc2c1)C(=O)O. The molecule has 0 aliphatic rings. The molecule has 3 aromatic rings.